The van der Waals surface area contributed by atoms with Gasteiger partial charge in [-0.3, -0.25) is 0 Å². The van der Waals surface area contributed by atoms with E-state index in [0.29, 0.717) is 12.5 Å². The molecular formula is C32H43NO3. The molecule has 0 aromatic heterocycles. The van der Waals surface area contributed by atoms with Crippen molar-refractivity contribution in [3.8, 4) is 11.5 Å². The number of benzene rings is 3. The van der Waals surface area contributed by atoms with Crippen molar-refractivity contribution in [1.29, 1.82) is 0 Å². The zero-order valence-electron chi connectivity index (χ0n) is 22.2. The zero-order valence-corrected chi connectivity index (χ0v) is 22.2. The van der Waals surface area contributed by atoms with Crippen molar-refractivity contribution in [3.05, 3.63) is 95.6 Å². The lowest BCUT2D eigenvalue weighted by molar-refractivity contribution is 0.205. The highest BCUT2D eigenvalue weighted by Gasteiger charge is 2.33. The van der Waals surface area contributed by atoms with Crippen molar-refractivity contribution in [2.24, 2.45) is 0 Å². The third-order valence-corrected chi connectivity index (χ3v) is 6.88. The number of para-hydroxylation sites is 1. The van der Waals surface area contributed by atoms with Crippen LogP contribution in [0.3, 0.4) is 0 Å². The quantitative estimate of drug-likeness (QED) is 0.367. The maximum absolute atomic E-state index is 7.00. The second kappa shape index (κ2) is 15.3. The molecule has 0 bridgehead atoms. The topological polar surface area (TPSA) is 41.9 Å². The fraction of sp³-hybridized carbons (Fsp3) is 0.438. The number of nitrogens with zero attached hydrogens (tertiary/aromatic N) is 1. The molecule has 2 aliphatic heterocycles. The molecule has 1 fully saturated rings. The molecule has 3 aromatic carbocycles. The molecule has 0 spiro atoms. The minimum absolute atomic E-state index is 0.274. The van der Waals surface area contributed by atoms with Gasteiger partial charge in [-0.15, -0.1) is 0 Å². The first-order valence-electron chi connectivity index (χ1n) is 13.5. The molecule has 2 atom stereocenters. The van der Waals surface area contributed by atoms with Crippen LogP contribution in [0.1, 0.15) is 68.1 Å². The van der Waals surface area contributed by atoms with Gasteiger partial charge in [-0.2, -0.15) is 0 Å². The summed E-state index contributed by atoms with van der Waals surface area (Å²) in [6, 6.07) is 28.0. The molecule has 36 heavy (non-hydrogen) atoms. The Balaban J connectivity index is 0.000000861. The van der Waals surface area contributed by atoms with Crippen LogP contribution in [0.15, 0.2) is 78.9 Å². The van der Waals surface area contributed by atoms with Crippen LogP contribution in [0.2, 0.25) is 0 Å². The van der Waals surface area contributed by atoms with Gasteiger partial charge in [0.1, 0.15) is 11.5 Å². The summed E-state index contributed by atoms with van der Waals surface area (Å²) in [5, 5.41) is 7.00. The standard InChI is InChI=1S/C29H33NO2.C2H6.CH4O/c1-3-10-23(11-4-1)27-22-32-28-13-6-5-12-26(28)29(27)24-14-16-25(17-15-24)31-21-9-20-30-18-7-2-8-19-30;2*1-2/h1,3-6,10-17,27,29H,2,7-9,18-22H2;1-2H3;2H,1H3. The maximum atomic E-state index is 7.00. The van der Waals surface area contributed by atoms with Crippen LogP contribution in [0.5, 0.6) is 11.5 Å². The summed E-state index contributed by atoms with van der Waals surface area (Å²) in [5.41, 5.74) is 3.91. The van der Waals surface area contributed by atoms with Gasteiger partial charge in [-0.05, 0) is 61.7 Å². The number of piperidine rings is 1. The molecule has 0 amide bonds. The number of likely N-dealkylation sites (tertiary alicyclic amines) is 1. The third kappa shape index (κ3) is 7.35. The van der Waals surface area contributed by atoms with Gasteiger partial charge < -0.3 is 19.5 Å². The van der Waals surface area contributed by atoms with E-state index in [1.807, 2.05) is 13.8 Å². The molecule has 1 N–H and O–H groups in total. The Morgan fingerprint density at radius 2 is 1.47 bits per heavy atom. The van der Waals surface area contributed by atoms with E-state index in [9.17, 15) is 0 Å². The highest BCUT2D eigenvalue weighted by molar-refractivity contribution is 5.48. The summed E-state index contributed by atoms with van der Waals surface area (Å²) in [7, 11) is 1.00. The highest BCUT2D eigenvalue weighted by Crippen LogP contribution is 2.46. The zero-order chi connectivity index (χ0) is 25.6. The fourth-order valence-corrected chi connectivity index (χ4v) is 5.19. The number of rotatable bonds is 7. The number of ether oxygens (including phenoxy) is 2. The van der Waals surface area contributed by atoms with Crippen LogP contribution in [-0.2, 0) is 0 Å². The number of aliphatic hydroxyl groups is 1. The lowest BCUT2D eigenvalue weighted by atomic mass is 9.76. The lowest BCUT2D eigenvalue weighted by Gasteiger charge is -2.34. The van der Waals surface area contributed by atoms with Crippen molar-refractivity contribution in [1.82, 2.24) is 4.90 Å². The Hall–Kier alpha value is -2.82. The van der Waals surface area contributed by atoms with Crippen molar-refractivity contribution in [2.75, 3.05) is 40.0 Å². The van der Waals surface area contributed by atoms with E-state index in [0.717, 1.165) is 38.2 Å². The van der Waals surface area contributed by atoms with E-state index in [2.05, 4.69) is 83.8 Å². The number of hydrogen-bond acceptors (Lipinski definition) is 4. The Bertz CT molecular complexity index is 984. The Labute approximate surface area is 217 Å². The summed E-state index contributed by atoms with van der Waals surface area (Å²) >= 11 is 0. The Kier molecular flexibility index (Phi) is 11.8. The normalized spacial score (nSPS) is 18.9. The molecule has 0 saturated carbocycles. The van der Waals surface area contributed by atoms with E-state index in [4.69, 9.17) is 14.6 Å². The molecule has 2 aliphatic rings. The van der Waals surface area contributed by atoms with Crippen LogP contribution < -0.4 is 9.47 Å². The Morgan fingerprint density at radius 1 is 0.806 bits per heavy atom. The molecule has 3 aromatic rings. The summed E-state index contributed by atoms with van der Waals surface area (Å²) in [6.45, 7) is 9.13. The first kappa shape index (κ1) is 27.8. The average molecular weight is 490 g/mol. The van der Waals surface area contributed by atoms with E-state index in [1.54, 1.807) is 0 Å². The summed E-state index contributed by atoms with van der Waals surface area (Å²) < 4.78 is 12.2. The van der Waals surface area contributed by atoms with Gasteiger partial charge >= 0.3 is 0 Å². The molecule has 1 saturated heterocycles. The van der Waals surface area contributed by atoms with E-state index >= 15 is 0 Å². The number of fused-ring (bicyclic) bond motifs is 1. The van der Waals surface area contributed by atoms with Gasteiger partial charge in [0.25, 0.3) is 0 Å². The first-order valence-corrected chi connectivity index (χ1v) is 13.5. The van der Waals surface area contributed by atoms with Crippen molar-refractivity contribution >= 4 is 0 Å². The minimum Gasteiger partial charge on any atom is -0.494 e. The smallest absolute Gasteiger partial charge is 0.123 e. The van der Waals surface area contributed by atoms with E-state index in [-0.39, 0.29) is 5.92 Å². The second-order valence-corrected chi connectivity index (χ2v) is 9.02. The second-order valence-electron chi connectivity index (χ2n) is 9.02. The van der Waals surface area contributed by atoms with Crippen LogP contribution in [0.4, 0.5) is 0 Å². The Morgan fingerprint density at radius 3 is 2.19 bits per heavy atom. The lowest BCUT2D eigenvalue weighted by Crippen LogP contribution is -2.31. The van der Waals surface area contributed by atoms with Crippen LogP contribution in [-0.4, -0.2) is 50.0 Å². The molecule has 2 heterocycles. The molecule has 0 aliphatic carbocycles. The van der Waals surface area contributed by atoms with Crippen LogP contribution >= 0.6 is 0 Å². The monoisotopic (exact) mass is 489 g/mol. The number of aliphatic hydroxyl groups excluding tert-OH is 1. The highest BCUT2D eigenvalue weighted by atomic mass is 16.5. The third-order valence-electron chi connectivity index (χ3n) is 6.88. The fourth-order valence-electron chi connectivity index (χ4n) is 5.19. The van der Waals surface area contributed by atoms with Gasteiger partial charge in [0.2, 0.25) is 0 Å². The maximum Gasteiger partial charge on any atom is 0.123 e. The summed E-state index contributed by atoms with van der Waals surface area (Å²) in [4.78, 5) is 2.57. The minimum atomic E-state index is 0.274. The van der Waals surface area contributed by atoms with E-state index < -0.39 is 0 Å². The number of hydrogen-bond donors (Lipinski definition) is 1. The summed E-state index contributed by atoms with van der Waals surface area (Å²) in [5.74, 6) is 2.53. The molecule has 5 rings (SSSR count). The largest absolute Gasteiger partial charge is 0.494 e. The van der Waals surface area contributed by atoms with Gasteiger partial charge in [0.15, 0.2) is 0 Å². The summed E-state index contributed by atoms with van der Waals surface area (Å²) in [6.07, 6.45) is 5.18. The average Bonchev–Trinajstić information content (AvgIpc) is 2.98. The predicted molar refractivity (Wildman–Crippen MR) is 149 cm³/mol. The molecule has 4 nitrogen and oxygen atoms in total. The molecule has 2 unspecified atom stereocenters. The van der Waals surface area contributed by atoms with Gasteiger partial charge in [-0.25, -0.2) is 0 Å². The molecule has 0 radical (unpaired) electrons. The van der Waals surface area contributed by atoms with Crippen molar-refractivity contribution in [3.63, 3.8) is 0 Å². The van der Waals surface area contributed by atoms with E-state index in [1.165, 1.54) is 49.0 Å². The molecule has 194 valence electrons. The van der Waals surface area contributed by atoms with Crippen LogP contribution in [0.25, 0.3) is 0 Å². The van der Waals surface area contributed by atoms with Crippen molar-refractivity contribution < 1.29 is 14.6 Å². The predicted octanol–water partition coefficient (Wildman–Crippen LogP) is 6.88. The molecular weight excluding hydrogens is 446 g/mol. The van der Waals surface area contributed by atoms with Gasteiger partial charge in [0.05, 0.1) is 13.2 Å². The first-order chi connectivity index (χ1) is 17.9. The SMILES string of the molecule is CC.CO.c1ccc(C2COc3ccccc3C2c2ccc(OCCCN3CCCCC3)cc2)cc1. The molecule has 4 heteroatoms. The van der Waals surface area contributed by atoms with Gasteiger partial charge in [-0.1, -0.05) is 80.9 Å². The van der Waals surface area contributed by atoms with Crippen LogP contribution in [0, 0.1) is 0 Å². The van der Waals surface area contributed by atoms with Crippen molar-refractivity contribution in [2.45, 2.75) is 51.4 Å². The van der Waals surface area contributed by atoms with Gasteiger partial charge in [0, 0.05) is 31.1 Å².